The molecule has 0 saturated heterocycles. The fraction of sp³-hybridized carbons (Fsp3) is 0.500. The first-order valence-electron chi connectivity index (χ1n) is 5.62. The molecule has 0 saturated carbocycles. The molecule has 0 aliphatic heterocycles. The molecule has 1 rings (SSSR count). The first-order valence-corrected chi connectivity index (χ1v) is 8.46. The number of anilines is 1. The molecule has 4 nitrogen and oxygen atoms in total. The van der Waals surface area contributed by atoms with Gasteiger partial charge in [0.1, 0.15) is 0 Å². The molecular weight excluding hydrogens is 268 g/mol. The maximum absolute atomic E-state index is 12.4. The second kappa shape index (κ2) is 5.95. The number of rotatable bonds is 5. The third kappa shape index (κ3) is 3.18. The molecule has 1 aromatic rings. The van der Waals surface area contributed by atoms with E-state index in [2.05, 4.69) is 0 Å². The molecule has 0 unspecified atom stereocenters. The number of hydrogen-bond donors (Lipinski definition) is 1. The summed E-state index contributed by atoms with van der Waals surface area (Å²) in [6, 6.07) is 3.32. The van der Waals surface area contributed by atoms with Crippen LogP contribution in [-0.4, -0.2) is 38.3 Å². The lowest BCUT2D eigenvalue weighted by molar-refractivity contribution is 0.488. The van der Waals surface area contributed by atoms with Crippen molar-refractivity contribution in [1.29, 1.82) is 0 Å². The van der Waals surface area contributed by atoms with Gasteiger partial charge in [-0.2, -0.15) is 11.8 Å². The maximum Gasteiger partial charge on any atom is 0.243 e. The summed E-state index contributed by atoms with van der Waals surface area (Å²) >= 11 is 1.62. The molecule has 0 radical (unpaired) electrons. The summed E-state index contributed by atoms with van der Waals surface area (Å²) in [5, 5.41) is 0. The average Bonchev–Trinajstić information content (AvgIpc) is 2.30. The Bertz CT molecular complexity index is 527. The summed E-state index contributed by atoms with van der Waals surface area (Å²) in [4.78, 5) is 0.309. The second-order valence-corrected chi connectivity index (χ2v) is 7.28. The predicted octanol–water partition coefficient (Wildman–Crippen LogP) is 1.87. The molecule has 0 atom stereocenters. The van der Waals surface area contributed by atoms with Crippen LogP contribution in [0.5, 0.6) is 0 Å². The van der Waals surface area contributed by atoms with Crippen LogP contribution in [0.25, 0.3) is 0 Å². The van der Waals surface area contributed by atoms with Crippen LogP contribution in [0.1, 0.15) is 11.1 Å². The number of aryl methyl sites for hydroxylation is 1. The Morgan fingerprint density at radius 3 is 2.50 bits per heavy atom. The molecule has 0 aliphatic rings. The van der Waals surface area contributed by atoms with Crippen LogP contribution in [0.3, 0.4) is 0 Å². The Balaban J connectivity index is 3.20. The van der Waals surface area contributed by atoms with Crippen molar-refractivity contribution >= 4 is 27.5 Å². The van der Waals surface area contributed by atoms with E-state index in [-0.39, 0.29) is 0 Å². The molecule has 1 aromatic carbocycles. The van der Waals surface area contributed by atoms with Crippen LogP contribution >= 0.6 is 11.8 Å². The highest BCUT2D eigenvalue weighted by molar-refractivity contribution is 7.98. The smallest absolute Gasteiger partial charge is 0.243 e. The van der Waals surface area contributed by atoms with E-state index in [0.29, 0.717) is 17.1 Å². The normalized spacial score (nSPS) is 12.1. The zero-order valence-corrected chi connectivity index (χ0v) is 12.9. The third-order valence-electron chi connectivity index (χ3n) is 2.94. The monoisotopic (exact) mass is 288 g/mol. The van der Waals surface area contributed by atoms with Crippen molar-refractivity contribution in [2.24, 2.45) is 0 Å². The van der Waals surface area contributed by atoms with E-state index in [1.165, 1.54) is 10.4 Å². The van der Waals surface area contributed by atoms with Crippen molar-refractivity contribution in [2.75, 3.05) is 31.3 Å². The molecule has 0 heterocycles. The van der Waals surface area contributed by atoms with Gasteiger partial charge in [0.2, 0.25) is 10.0 Å². The fourth-order valence-electron chi connectivity index (χ4n) is 1.63. The number of nitrogens with two attached hydrogens (primary N) is 1. The van der Waals surface area contributed by atoms with Crippen LogP contribution in [0.4, 0.5) is 5.69 Å². The summed E-state index contributed by atoms with van der Waals surface area (Å²) < 4.78 is 26.2. The standard InChI is InChI=1S/C12H20N2O2S2/c1-9-7-11(13)8-12(10(9)2)18(15,16)14(3)5-6-17-4/h7-8H,5-6,13H2,1-4H3. The highest BCUT2D eigenvalue weighted by Gasteiger charge is 2.23. The molecule has 0 bridgehead atoms. The van der Waals surface area contributed by atoms with Gasteiger partial charge >= 0.3 is 0 Å². The van der Waals surface area contributed by atoms with Crippen molar-refractivity contribution < 1.29 is 8.42 Å². The highest BCUT2D eigenvalue weighted by atomic mass is 32.2. The van der Waals surface area contributed by atoms with Gasteiger partial charge in [0, 0.05) is 25.0 Å². The van der Waals surface area contributed by atoms with Crippen LogP contribution in [-0.2, 0) is 10.0 Å². The summed E-state index contributed by atoms with van der Waals surface area (Å²) in [7, 11) is -1.85. The van der Waals surface area contributed by atoms with Crippen molar-refractivity contribution in [3.63, 3.8) is 0 Å². The Labute approximate surface area is 114 Å². The van der Waals surface area contributed by atoms with Gasteiger partial charge in [-0.05, 0) is 43.4 Å². The van der Waals surface area contributed by atoms with Gasteiger partial charge in [0.15, 0.2) is 0 Å². The number of nitrogens with zero attached hydrogens (tertiary/aromatic N) is 1. The van der Waals surface area contributed by atoms with Crippen LogP contribution in [0.15, 0.2) is 17.0 Å². The van der Waals surface area contributed by atoms with E-state index in [9.17, 15) is 8.42 Å². The quantitative estimate of drug-likeness (QED) is 0.840. The maximum atomic E-state index is 12.4. The Hall–Kier alpha value is -0.720. The lowest BCUT2D eigenvalue weighted by Crippen LogP contribution is -2.29. The van der Waals surface area contributed by atoms with E-state index in [1.807, 2.05) is 20.1 Å². The van der Waals surface area contributed by atoms with Gasteiger partial charge < -0.3 is 5.73 Å². The van der Waals surface area contributed by atoms with Crippen LogP contribution in [0, 0.1) is 13.8 Å². The van der Waals surface area contributed by atoms with Gasteiger partial charge in [0.25, 0.3) is 0 Å². The first kappa shape index (κ1) is 15.3. The van der Waals surface area contributed by atoms with Crippen LogP contribution in [0.2, 0.25) is 0 Å². The molecule has 0 aromatic heterocycles. The van der Waals surface area contributed by atoms with Gasteiger partial charge in [-0.1, -0.05) is 0 Å². The minimum absolute atomic E-state index is 0.309. The first-order chi connectivity index (χ1) is 8.30. The summed E-state index contributed by atoms with van der Waals surface area (Å²) in [5.41, 5.74) is 7.88. The van der Waals surface area contributed by atoms with E-state index in [4.69, 9.17) is 5.73 Å². The van der Waals surface area contributed by atoms with Gasteiger partial charge in [-0.3, -0.25) is 0 Å². The fourth-order valence-corrected chi connectivity index (χ4v) is 3.70. The Kier molecular flexibility index (Phi) is 5.07. The number of thioether (sulfide) groups is 1. The molecule has 0 aliphatic carbocycles. The SMILES string of the molecule is CSCCN(C)S(=O)(=O)c1cc(N)cc(C)c1C. The molecular formula is C12H20N2O2S2. The predicted molar refractivity (Wildman–Crippen MR) is 78.5 cm³/mol. The van der Waals surface area contributed by atoms with E-state index >= 15 is 0 Å². The van der Waals surface area contributed by atoms with Gasteiger partial charge in [0.05, 0.1) is 4.90 Å². The summed E-state index contributed by atoms with van der Waals surface area (Å²) in [5.74, 6) is 0.774. The molecule has 2 N–H and O–H groups in total. The molecule has 18 heavy (non-hydrogen) atoms. The zero-order valence-electron chi connectivity index (χ0n) is 11.2. The Morgan fingerprint density at radius 2 is 1.94 bits per heavy atom. The van der Waals surface area contributed by atoms with Crippen molar-refractivity contribution in [1.82, 2.24) is 4.31 Å². The second-order valence-electron chi connectivity index (χ2n) is 4.28. The minimum atomic E-state index is -3.45. The summed E-state index contributed by atoms with van der Waals surface area (Å²) in [6.45, 7) is 4.17. The van der Waals surface area contributed by atoms with Gasteiger partial charge in [-0.15, -0.1) is 0 Å². The third-order valence-corrected chi connectivity index (χ3v) is 5.51. The minimum Gasteiger partial charge on any atom is -0.399 e. The van der Waals surface area contributed by atoms with Gasteiger partial charge in [-0.25, -0.2) is 12.7 Å². The molecule has 0 amide bonds. The highest BCUT2D eigenvalue weighted by Crippen LogP contribution is 2.24. The van der Waals surface area contributed by atoms with E-state index < -0.39 is 10.0 Å². The van der Waals surface area contributed by atoms with Crippen LogP contribution < -0.4 is 5.73 Å². The zero-order chi connectivity index (χ0) is 13.9. The van der Waals surface area contributed by atoms with Crippen molar-refractivity contribution in [3.8, 4) is 0 Å². The van der Waals surface area contributed by atoms with Crippen molar-refractivity contribution in [3.05, 3.63) is 23.3 Å². The summed E-state index contributed by atoms with van der Waals surface area (Å²) in [6.07, 6.45) is 1.95. The topological polar surface area (TPSA) is 63.4 Å². The molecule has 6 heteroatoms. The average molecular weight is 288 g/mol. The molecule has 102 valence electrons. The van der Waals surface area contributed by atoms with E-state index in [1.54, 1.807) is 24.9 Å². The Morgan fingerprint density at radius 1 is 1.33 bits per heavy atom. The number of nitrogen functional groups attached to an aromatic ring is 1. The molecule has 0 spiro atoms. The number of hydrogen-bond acceptors (Lipinski definition) is 4. The number of benzene rings is 1. The van der Waals surface area contributed by atoms with Crippen molar-refractivity contribution in [2.45, 2.75) is 18.7 Å². The largest absolute Gasteiger partial charge is 0.399 e. The number of sulfonamides is 1. The lowest BCUT2D eigenvalue weighted by atomic mass is 10.1. The molecule has 0 fully saturated rings. The lowest BCUT2D eigenvalue weighted by Gasteiger charge is -2.19. The van der Waals surface area contributed by atoms with E-state index in [0.717, 1.165) is 16.9 Å².